The fourth-order valence-electron chi connectivity index (χ4n) is 2.14. The van der Waals surface area contributed by atoms with Crippen LogP contribution >= 0.6 is 15.9 Å². The number of methoxy groups -OCH3 is 1. The van der Waals surface area contributed by atoms with Gasteiger partial charge in [-0.1, -0.05) is 15.9 Å². The van der Waals surface area contributed by atoms with Crippen LogP contribution in [0.4, 0.5) is 0 Å². The molecule has 0 saturated heterocycles. The zero-order valence-electron chi connectivity index (χ0n) is 9.05. The third-order valence-electron chi connectivity index (χ3n) is 2.97. The molecule has 0 fully saturated rings. The molecule has 0 spiro atoms. The molecule has 1 aromatic rings. The van der Waals surface area contributed by atoms with Gasteiger partial charge < -0.3 is 9.84 Å². The second-order valence-corrected chi connectivity index (χ2v) is 4.76. The van der Waals surface area contributed by atoms with E-state index in [0.717, 1.165) is 41.3 Å². The fraction of sp³-hybridized carbons (Fsp3) is 0.417. The highest BCUT2D eigenvalue weighted by molar-refractivity contribution is 9.10. The number of fused-ring (bicyclic) bond motifs is 1. The number of phenols is 1. The molecule has 1 aromatic carbocycles. The zero-order chi connectivity index (χ0) is 11.7. The Kier molecular flexibility index (Phi) is 3.19. The van der Waals surface area contributed by atoms with E-state index < -0.39 is 5.97 Å². The van der Waals surface area contributed by atoms with Crippen LogP contribution in [0.15, 0.2) is 10.5 Å². The Morgan fingerprint density at radius 2 is 2.00 bits per heavy atom. The molecule has 0 atom stereocenters. The SMILES string of the molecule is COC(=O)c1cc(Br)c2c(c1O)CCCC2. The minimum atomic E-state index is -0.494. The normalized spacial score (nSPS) is 14.4. The molecule has 0 saturated carbocycles. The average molecular weight is 285 g/mol. The maximum absolute atomic E-state index is 11.5. The molecule has 1 N–H and O–H groups in total. The number of rotatable bonds is 1. The first-order valence-electron chi connectivity index (χ1n) is 5.26. The van der Waals surface area contributed by atoms with Gasteiger partial charge in [0.25, 0.3) is 0 Å². The third kappa shape index (κ3) is 1.82. The van der Waals surface area contributed by atoms with E-state index >= 15 is 0 Å². The van der Waals surface area contributed by atoms with Crippen molar-refractivity contribution < 1.29 is 14.6 Å². The number of ether oxygens (including phenoxy) is 1. The van der Waals surface area contributed by atoms with Gasteiger partial charge in [0.05, 0.1) is 7.11 Å². The van der Waals surface area contributed by atoms with E-state index in [1.54, 1.807) is 6.07 Å². The lowest BCUT2D eigenvalue weighted by molar-refractivity contribution is 0.0597. The fourth-order valence-corrected chi connectivity index (χ4v) is 2.81. The Labute approximate surface area is 103 Å². The maximum Gasteiger partial charge on any atom is 0.341 e. The molecular weight excluding hydrogens is 272 g/mol. The van der Waals surface area contributed by atoms with E-state index in [2.05, 4.69) is 20.7 Å². The summed E-state index contributed by atoms with van der Waals surface area (Å²) in [6, 6.07) is 1.64. The van der Waals surface area contributed by atoms with Gasteiger partial charge in [-0.05, 0) is 42.9 Å². The van der Waals surface area contributed by atoms with Gasteiger partial charge in [0.15, 0.2) is 0 Å². The summed E-state index contributed by atoms with van der Waals surface area (Å²) in [5, 5.41) is 10.0. The van der Waals surface area contributed by atoms with Crippen molar-refractivity contribution in [2.75, 3.05) is 7.11 Å². The molecule has 0 radical (unpaired) electrons. The summed E-state index contributed by atoms with van der Waals surface area (Å²) in [6.07, 6.45) is 3.95. The van der Waals surface area contributed by atoms with Crippen LogP contribution in [0.2, 0.25) is 0 Å². The molecule has 2 rings (SSSR count). The molecule has 16 heavy (non-hydrogen) atoms. The summed E-state index contributed by atoms with van der Waals surface area (Å²) in [5.41, 5.74) is 2.26. The summed E-state index contributed by atoms with van der Waals surface area (Å²) in [4.78, 5) is 11.5. The van der Waals surface area contributed by atoms with Crippen LogP contribution in [0.1, 0.15) is 34.3 Å². The zero-order valence-corrected chi connectivity index (χ0v) is 10.6. The van der Waals surface area contributed by atoms with Crippen LogP contribution in [0.3, 0.4) is 0 Å². The Hall–Kier alpha value is -1.03. The van der Waals surface area contributed by atoms with Crippen molar-refractivity contribution in [1.82, 2.24) is 0 Å². The topological polar surface area (TPSA) is 46.5 Å². The number of phenolic OH excluding ortho intramolecular Hbond substituents is 1. The number of carbonyl (C=O) groups is 1. The third-order valence-corrected chi connectivity index (χ3v) is 3.68. The second-order valence-electron chi connectivity index (χ2n) is 3.91. The molecule has 0 unspecified atom stereocenters. The minimum absolute atomic E-state index is 0.0877. The maximum atomic E-state index is 11.5. The highest BCUT2D eigenvalue weighted by atomic mass is 79.9. The van der Waals surface area contributed by atoms with Gasteiger partial charge in [-0.3, -0.25) is 0 Å². The number of hydrogen-bond donors (Lipinski definition) is 1. The number of aromatic hydroxyl groups is 1. The van der Waals surface area contributed by atoms with Crippen LogP contribution < -0.4 is 0 Å². The molecule has 0 amide bonds. The average Bonchev–Trinajstić information content (AvgIpc) is 2.33. The summed E-state index contributed by atoms with van der Waals surface area (Å²) in [7, 11) is 1.31. The van der Waals surface area contributed by atoms with Crippen LogP contribution in [0, 0.1) is 0 Å². The molecule has 0 heterocycles. The molecular formula is C12H13BrO3. The van der Waals surface area contributed by atoms with E-state index in [1.165, 1.54) is 7.11 Å². The monoisotopic (exact) mass is 284 g/mol. The van der Waals surface area contributed by atoms with E-state index in [0.29, 0.717) is 0 Å². The van der Waals surface area contributed by atoms with Crippen molar-refractivity contribution in [3.05, 3.63) is 27.2 Å². The lowest BCUT2D eigenvalue weighted by Crippen LogP contribution is -2.09. The molecule has 0 aliphatic heterocycles. The summed E-state index contributed by atoms with van der Waals surface area (Å²) in [5.74, 6) is -0.406. The van der Waals surface area contributed by atoms with Gasteiger partial charge >= 0.3 is 5.97 Å². The van der Waals surface area contributed by atoms with Crippen LogP contribution in [0.25, 0.3) is 0 Å². The van der Waals surface area contributed by atoms with Crippen LogP contribution in [-0.2, 0) is 17.6 Å². The van der Waals surface area contributed by atoms with Gasteiger partial charge in [-0.25, -0.2) is 4.79 Å². The first-order valence-corrected chi connectivity index (χ1v) is 6.06. The quantitative estimate of drug-likeness (QED) is 0.807. The van der Waals surface area contributed by atoms with Gasteiger partial charge in [-0.15, -0.1) is 0 Å². The van der Waals surface area contributed by atoms with Crippen LogP contribution in [0.5, 0.6) is 5.75 Å². The van der Waals surface area contributed by atoms with Gasteiger partial charge in [0.1, 0.15) is 11.3 Å². The number of carbonyl (C=O) groups excluding carboxylic acids is 1. The van der Waals surface area contributed by atoms with Crippen molar-refractivity contribution in [3.63, 3.8) is 0 Å². The number of halogens is 1. The van der Waals surface area contributed by atoms with E-state index in [1.807, 2.05) is 0 Å². The van der Waals surface area contributed by atoms with Crippen LogP contribution in [-0.4, -0.2) is 18.2 Å². The highest BCUT2D eigenvalue weighted by Gasteiger charge is 2.22. The first kappa shape index (κ1) is 11.5. The van der Waals surface area contributed by atoms with Crippen molar-refractivity contribution in [1.29, 1.82) is 0 Å². The second kappa shape index (κ2) is 4.45. The predicted molar refractivity (Wildman–Crippen MR) is 63.8 cm³/mol. The molecule has 86 valence electrons. The molecule has 3 nitrogen and oxygen atoms in total. The largest absolute Gasteiger partial charge is 0.507 e. The molecule has 0 aromatic heterocycles. The van der Waals surface area contributed by atoms with E-state index in [-0.39, 0.29) is 11.3 Å². The molecule has 4 heteroatoms. The van der Waals surface area contributed by atoms with E-state index in [4.69, 9.17) is 0 Å². The Morgan fingerprint density at radius 1 is 1.38 bits per heavy atom. The Balaban J connectivity index is 2.58. The smallest absolute Gasteiger partial charge is 0.341 e. The lowest BCUT2D eigenvalue weighted by Gasteiger charge is -2.20. The molecule has 1 aliphatic carbocycles. The predicted octanol–water partition coefficient (Wildman–Crippen LogP) is 2.82. The van der Waals surface area contributed by atoms with Gasteiger partial charge in [0.2, 0.25) is 0 Å². The van der Waals surface area contributed by atoms with Crippen molar-refractivity contribution in [2.45, 2.75) is 25.7 Å². The number of hydrogen-bond acceptors (Lipinski definition) is 3. The minimum Gasteiger partial charge on any atom is -0.507 e. The Bertz CT molecular complexity index is 440. The van der Waals surface area contributed by atoms with Crippen molar-refractivity contribution >= 4 is 21.9 Å². The molecule has 0 bridgehead atoms. The van der Waals surface area contributed by atoms with Crippen molar-refractivity contribution in [2.24, 2.45) is 0 Å². The number of benzene rings is 1. The lowest BCUT2D eigenvalue weighted by atomic mass is 9.89. The first-order chi connectivity index (χ1) is 7.65. The Morgan fingerprint density at radius 3 is 2.62 bits per heavy atom. The summed E-state index contributed by atoms with van der Waals surface area (Å²) in [6.45, 7) is 0. The summed E-state index contributed by atoms with van der Waals surface area (Å²) >= 11 is 3.45. The van der Waals surface area contributed by atoms with Gasteiger partial charge in [0, 0.05) is 4.47 Å². The van der Waals surface area contributed by atoms with Crippen molar-refractivity contribution in [3.8, 4) is 5.75 Å². The van der Waals surface area contributed by atoms with Gasteiger partial charge in [-0.2, -0.15) is 0 Å². The number of esters is 1. The van der Waals surface area contributed by atoms with E-state index in [9.17, 15) is 9.90 Å². The molecule has 1 aliphatic rings. The summed E-state index contributed by atoms with van der Waals surface area (Å²) < 4.78 is 5.53. The highest BCUT2D eigenvalue weighted by Crippen LogP contribution is 2.37. The standard InChI is InChI=1S/C12H13BrO3/c1-16-12(15)9-6-10(13)7-4-2-3-5-8(7)11(9)14/h6,14H,2-5H2,1H3.